The Morgan fingerprint density at radius 3 is 2.50 bits per heavy atom. The number of carbonyl (C=O) groups excluding carboxylic acids is 1. The Balaban J connectivity index is 1.76. The average molecular weight is 327 g/mol. The van der Waals surface area contributed by atoms with Gasteiger partial charge in [-0.3, -0.25) is 10.1 Å². The van der Waals surface area contributed by atoms with Gasteiger partial charge in [0.25, 0.3) is 5.91 Å². The van der Waals surface area contributed by atoms with Crippen LogP contribution in [0, 0.1) is 6.92 Å². The van der Waals surface area contributed by atoms with Crippen molar-refractivity contribution in [3.63, 3.8) is 0 Å². The van der Waals surface area contributed by atoms with Crippen molar-refractivity contribution in [2.24, 2.45) is 4.99 Å². The second kappa shape index (κ2) is 6.64. The van der Waals surface area contributed by atoms with E-state index >= 15 is 0 Å². The minimum Gasteiger partial charge on any atom is -0.297 e. The minimum absolute atomic E-state index is 0.163. The van der Waals surface area contributed by atoms with Gasteiger partial charge < -0.3 is 0 Å². The largest absolute Gasteiger partial charge is 0.297 e. The third-order valence-electron chi connectivity index (χ3n) is 2.91. The molecule has 2 aromatic carbocycles. The van der Waals surface area contributed by atoms with Crippen molar-refractivity contribution in [2.75, 3.05) is 5.32 Å². The summed E-state index contributed by atoms with van der Waals surface area (Å²) in [5.74, 6) is -0.163. The number of aryl methyl sites for hydroxylation is 1. The fraction of sp³-hybridized carbons (Fsp3) is 0.0625. The molecule has 0 saturated heterocycles. The van der Waals surface area contributed by atoms with Crippen LogP contribution in [-0.2, 0) is 0 Å². The lowest BCUT2D eigenvalue weighted by Crippen LogP contribution is -2.12. The first-order chi connectivity index (χ1) is 10.7. The van der Waals surface area contributed by atoms with Crippen molar-refractivity contribution < 1.29 is 4.79 Å². The van der Waals surface area contributed by atoms with Crippen LogP contribution in [0.15, 0.2) is 59.6 Å². The molecular formula is C16H13N3OS2. The van der Waals surface area contributed by atoms with Crippen molar-refractivity contribution in [1.82, 2.24) is 4.98 Å². The molecule has 1 heterocycles. The van der Waals surface area contributed by atoms with Crippen LogP contribution in [0.2, 0.25) is 0 Å². The highest BCUT2D eigenvalue weighted by molar-refractivity contribution is 7.69. The van der Waals surface area contributed by atoms with E-state index in [1.54, 1.807) is 12.1 Å². The summed E-state index contributed by atoms with van der Waals surface area (Å²) >= 11 is 0. The molecule has 0 spiro atoms. The Morgan fingerprint density at radius 2 is 1.77 bits per heavy atom. The molecule has 22 heavy (non-hydrogen) atoms. The van der Waals surface area contributed by atoms with E-state index in [0.717, 1.165) is 5.69 Å². The van der Waals surface area contributed by atoms with Crippen molar-refractivity contribution in [1.29, 1.82) is 0 Å². The predicted molar refractivity (Wildman–Crippen MR) is 90.8 cm³/mol. The number of hydrogen-bond acceptors (Lipinski definition) is 5. The molecule has 1 N–H and O–H groups in total. The number of nitrogens with zero attached hydrogens (tertiary/aromatic N) is 2. The summed E-state index contributed by atoms with van der Waals surface area (Å²) in [5, 5.41) is 3.35. The first-order valence-electron chi connectivity index (χ1n) is 6.66. The number of anilines is 1. The lowest BCUT2D eigenvalue weighted by Gasteiger charge is -1.99. The first kappa shape index (κ1) is 14.6. The summed E-state index contributed by atoms with van der Waals surface area (Å²) in [5.41, 5.74) is 2.66. The van der Waals surface area contributed by atoms with Gasteiger partial charge in [0, 0.05) is 5.56 Å². The molecule has 0 fully saturated rings. The molecular weight excluding hydrogens is 314 g/mol. The Morgan fingerprint density at radius 1 is 1.05 bits per heavy atom. The zero-order valence-corrected chi connectivity index (χ0v) is 13.4. The molecule has 3 rings (SSSR count). The molecule has 0 atom stereocenters. The molecule has 0 bridgehead atoms. The monoisotopic (exact) mass is 327 g/mol. The van der Waals surface area contributed by atoms with Crippen LogP contribution in [0.5, 0.6) is 0 Å². The maximum absolute atomic E-state index is 12.0. The second-order valence-electron chi connectivity index (χ2n) is 4.63. The third-order valence-corrected chi connectivity index (χ3v) is 4.84. The van der Waals surface area contributed by atoms with E-state index in [4.69, 9.17) is 0 Å². The lowest BCUT2D eigenvalue weighted by molar-refractivity contribution is 0.102. The number of hydrogen-bond donors (Lipinski definition) is 1. The van der Waals surface area contributed by atoms with Gasteiger partial charge in [-0.1, -0.05) is 35.9 Å². The van der Waals surface area contributed by atoms with E-state index < -0.39 is 0 Å². The van der Waals surface area contributed by atoms with Crippen molar-refractivity contribution in [2.45, 2.75) is 6.92 Å². The maximum Gasteiger partial charge on any atom is 0.257 e. The molecule has 0 saturated carbocycles. The van der Waals surface area contributed by atoms with Crippen molar-refractivity contribution in [3.05, 3.63) is 70.5 Å². The fourth-order valence-corrected chi connectivity index (χ4v) is 3.44. The summed E-state index contributed by atoms with van der Waals surface area (Å²) in [7, 11) is 2.83. The Kier molecular flexibility index (Phi) is 4.41. The Labute approximate surface area is 135 Å². The van der Waals surface area contributed by atoms with E-state index in [2.05, 4.69) is 15.3 Å². The van der Waals surface area contributed by atoms with Gasteiger partial charge in [0.2, 0.25) is 9.93 Å². The van der Waals surface area contributed by atoms with Crippen molar-refractivity contribution >= 4 is 37.4 Å². The minimum atomic E-state index is -0.163. The summed E-state index contributed by atoms with van der Waals surface area (Å²) < 4.78 is 0. The van der Waals surface area contributed by atoms with E-state index in [0.29, 0.717) is 15.5 Å². The van der Waals surface area contributed by atoms with Crippen molar-refractivity contribution in [3.8, 4) is 0 Å². The number of nitrogens with one attached hydrogen (secondary N) is 1. The van der Waals surface area contributed by atoms with Gasteiger partial charge in [-0.2, -0.15) is 4.98 Å². The van der Waals surface area contributed by atoms with E-state index in [-0.39, 0.29) is 5.91 Å². The summed E-state index contributed by atoms with van der Waals surface area (Å²) in [4.78, 5) is 21.5. The summed E-state index contributed by atoms with van der Waals surface area (Å²) in [6, 6.07) is 17.0. The molecule has 1 aromatic heterocycles. The molecule has 4 nitrogen and oxygen atoms in total. The van der Waals surface area contributed by atoms with E-state index in [1.165, 1.54) is 26.2 Å². The van der Waals surface area contributed by atoms with E-state index in [1.807, 2.05) is 49.4 Å². The second-order valence-corrected chi connectivity index (χ2v) is 6.72. The SMILES string of the molecule is Cc1ccc(N=c2nc(NC(=O)c3ccccc3)ss2)cc1. The van der Waals surface area contributed by atoms with E-state index in [9.17, 15) is 4.79 Å². The van der Waals surface area contributed by atoms with Gasteiger partial charge >= 0.3 is 0 Å². The van der Waals surface area contributed by atoms with Crippen LogP contribution in [0.3, 0.4) is 0 Å². The molecule has 6 heteroatoms. The molecule has 3 aromatic rings. The Hall–Kier alpha value is -2.31. The fourth-order valence-electron chi connectivity index (χ4n) is 1.78. The highest BCUT2D eigenvalue weighted by atomic mass is 32.9. The maximum atomic E-state index is 12.0. The smallest absolute Gasteiger partial charge is 0.257 e. The molecule has 0 unspecified atom stereocenters. The zero-order valence-electron chi connectivity index (χ0n) is 11.8. The number of carbonyl (C=O) groups is 1. The van der Waals surface area contributed by atoms with Gasteiger partial charge in [-0.15, -0.1) is 0 Å². The zero-order chi connectivity index (χ0) is 15.4. The Bertz CT molecular complexity index is 836. The molecule has 110 valence electrons. The third kappa shape index (κ3) is 3.66. The molecule has 1 amide bonds. The average Bonchev–Trinajstić information content (AvgIpc) is 2.97. The van der Waals surface area contributed by atoms with Gasteiger partial charge in [0.05, 0.1) is 5.69 Å². The van der Waals surface area contributed by atoms with Gasteiger partial charge in [0.1, 0.15) is 0 Å². The van der Waals surface area contributed by atoms with Crippen LogP contribution in [0.1, 0.15) is 15.9 Å². The first-order valence-corrected chi connectivity index (χ1v) is 8.81. The molecule has 0 aliphatic carbocycles. The van der Waals surface area contributed by atoms with Gasteiger partial charge in [0.15, 0.2) is 0 Å². The summed E-state index contributed by atoms with van der Waals surface area (Å²) in [6.07, 6.45) is 0. The number of amides is 1. The van der Waals surface area contributed by atoms with Crippen LogP contribution >= 0.6 is 20.7 Å². The topological polar surface area (TPSA) is 54.4 Å². The number of rotatable bonds is 3. The summed E-state index contributed by atoms with van der Waals surface area (Å²) in [6.45, 7) is 2.03. The lowest BCUT2D eigenvalue weighted by atomic mass is 10.2. The standard InChI is InChI=1S/C16H13N3OS2/c1-11-7-9-13(10-8-11)17-15-19-16(22-21-15)18-14(20)12-5-3-2-4-6-12/h2-10H,1H3,(H,17,18,19,20). The number of aromatic nitrogens is 1. The van der Waals surface area contributed by atoms with Crippen LogP contribution in [0.4, 0.5) is 10.8 Å². The van der Waals surface area contributed by atoms with Crippen LogP contribution < -0.4 is 10.1 Å². The predicted octanol–water partition coefficient (Wildman–Crippen LogP) is 4.00. The quantitative estimate of drug-likeness (QED) is 0.739. The molecule has 0 aliphatic rings. The van der Waals surface area contributed by atoms with Crippen LogP contribution in [-0.4, -0.2) is 10.9 Å². The number of benzene rings is 2. The van der Waals surface area contributed by atoms with Crippen LogP contribution in [0.25, 0.3) is 0 Å². The molecule has 0 radical (unpaired) electrons. The van der Waals surface area contributed by atoms with Gasteiger partial charge in [-0.25, -0.2) is 4.99 Å². The normalized spacial score (nSPS) is 11.4. The molecule has 0 aliphatic heterocycles. The van der Waals surface area contributed by atoms with Gasteiger partial charge in [-0.05, 0) is 51.9 Å². The highest BCUT2D eigenvalue weighted by Gasteiger charge is 2.07. The highest BCUT2D eigenvalue weighted by Crippen LogP contribution is 2.16.